The third kappa shape index (κ3) is 12.6. The number of hydrogen-bond donors (Lipinski definition) is 6. The van der Waals surface area contributed by atoms with E-state index in [0.717, 1.165) is 0 Å². The molecule has 13 nitrogen and oxygen atoms in total. The van der Waals surface area contributed by atoms with E-state index in [-0.39, 0.29) is 86.5 Å². The van der Waals surface area contributed by atoms with Crippen LogP contribution < -0.4 is 5.73 Å². The fourth-order valence-corrected chi connectivity index (χ4v) is 2.85. The molecule has 0 fully saturated rings. The molecule has 17 heteroatoms. The maximum atomic E-state index is 10.6. The molecule has 0 aliphatic heterocycles. The number of hydrogen-bond acceptors (Lipinski definition) is 4. The van der Waals surface area contributed by atoms with Crippen molar-refractivity contribution in [1.82, 2.24) is 0 Å². The Morgan fingerprint density at radius 3 is 1.05 bits per heavy atom. The Morgan fingerprint density at radius 1 is 0.800 bits per heavy atom. The Hall–Kier alpha value is 2.02. The van der Waals surface area contributed by atoms with Crippen LogP contribution in [0.15, 0.2) is 0 Å². The van der Waals surface area contributed by atoms with Gasteiger partial charge in [-0.15, -0.1) is 0 Å². The van der Waals surface area contributed by atoms with E-state index in [1.54, 1.807) is 0 Å². The van der Waals surface area contributed by atoms with Crippen molar-refractivity contribution in [2.24, 2.45) is 5.73 Å². The van der Waals surface area contributed by atoms with E-state index in [1.165, 1.54) is 0 Å². The molecule has 0 aliphatic carbocycles. The third-order valence-electron chi connectivity index (χ3n) is 1.41. The monoisotopic (exact) mass is 373 g/mol. The first-order chi connectivity index (χ1) is 5.56. The van der Waals surface area contributed by atoms with E-state index in [9.17, 15) is 9.13 Å². The van der Waals surface area contributed by atoms with Crippen LogP contribution >= 0.6 is 15.2 Å². The summed E-state index contributed by atoms with van der Waals surface area (Å²) >= 11 is 0. The second-order valence-electron chi connectivity index (χ2n) is 2.40. The van der Waals surface area contributed by atoms with Gasteiger partial charge < -0.3 is 57.8 Å². The minimum atomic E-state index is -5.31. The first-order valence-electron chi connectivity index (χ1n) is 3.10. The van der Waals surface area contributed by atoms with Crippen LogP contribution in [0.5, 0.6) is 0 Å². The van der Waals surface area contributed by atoms with Crippen molar-refractivity contribution in [2.75, 3.05) is 6.54 Å². The van der Waals surface area contributed by atoms with Gasteiger partial charge in [0, 0.05) is 6.42 Å². The van der Waals surface area contributed by atoms with Gasteiger partial charge in [-0.2, -0.15) is 0 Å². The molecule has 0 aromatic heterocycles. The number of nitrogens with two attached hydrogens (primary N) is 1. The molecular formula is C3H23NNa2O12P2. The molecule has 0 heterocycles. The summed E-state index contributed by atoms with van der Waals surface area (Å²) in [6.45, 7) is -0.452. The van der Waals surface area contributed by atoms with Crippen LogP contribution in [0.3, 0.4) is 0 Å². The summed E-state index contributed by atoms with van der Waals surface area (Å²) in [4.78, 5) is 34.1. The van der Waals surface area contributed by atoms with Gasteiger partial charge in [0.25, 0.3) is 5.08 Å². The fraction of sp³-hybridized carbons (Fsp3) is 1.00. The third-order valence-corrected chi connectivity index (χ3v) is 5.29. The molecule has 0 spiro atoms. The molecule has 0 unspecified atom stereocenters. The second-order valence-corrected chi connectivity index (χ2v) is 6.41. The Labute approximate surface area is 158 Å². The van der Waals surface area contributed by atoms with E-state index in [4.69, 9.17) is 30.4 Å². The summed E-state index contributed by atoms with van der Waals surface area (Å²) in [5.41, 5.74) is 4.86. The van der Waals surface area contributed by atoms with Gasteiger partial charge in [0.1, 0.15) is 0 Å². The molecule has 20 heavy (non-hydrogen) atoms. The molecule has 0 atom stereocenters. The summed E-state index contributed by atoms with van der Waals surface area (Å²) in [5.74, 6) is 0. The van der Waals surface area contributed by atoms with Crippen molar-refractivity contribution in [3.05, 3.63) is 0 Å². The summed E-state index contributed by atoms with van der Waals surface area (Å²) in [6, 6.07) is 0. The van der Waals surface area contributed by atoms with Crippen molar-refractivity contribution in [3.8, 4) is 0 Å². The van der Waals surface area contributed by atoms with Crippen LogP contribution in [0.25, 0.3) is 0 Å². The number of aliphatic hydroxyl groups is 1. The van der Waals surface area contributed by atoms with E-state index in [1.807, 2.05) is 0 Å². The van der Waals surface area contributed by atoms with Gasteiger partial charge in [-0.3, -0.25) is 9.13 Å². The topological polar surface area (TPSA) is 319 Å². The second kappa shape index (κ2) is 17.4. The predicted octanol–water partition coefficient (Wildman–Crippen LogP) is -7.08. The Morgan fingerprint density at radius 2 is 1.00 bits per heavy atom. The van der Waals surface area contributed by atoms with Crippen LogP contribution in [0.2, 0.25) is 0 Å². The molecule has 0 saturated carbocycles. The van der Waals surface area contributed by atoms with Gasteiger partial charge in [-0.05, 0) is 6.54 Å². The normalized spacial score (nSPS) is 9.50. The molecule has 0 saturated heterocycles. The van der Waals surface area contributed by atoms with Crippen molar-refractivity contribution in [3.63, 3.8) is 0 Å². The quantitative estimate of drug-likeness (QED) is 0.202. The van der Waals surface area contributed by atoms with E-state index in [2.05, 4.69) is 0 Å². The van der Waals surface area contributed by atoms with Crippen LogP contribution in [-0.2, 0) is 9.13 Å². The molecule has 0 radical (unpaired) electrons. The average Bonchev–Trinajstić information content (AvgIpc) is 1.82. The summed E-state index contributed by atoms with van der Waals surface area (Å²) in [6.07, 6.45) is -0.873. The van der Waals surface area contributed by atoms with Crippen LogP contribution in [0.4, 0.5) is 0 Å². The van der Waals surface area contributed by atoms with Gasteiger partial charge in [0.15, 0.2) is 0 Å². The SMILES string of the molecule is NCCC(O)(P(=O)(O)O)P(=O)(O)O.O.O.O.O.O.[NaH].[NaH]. The van der Waals surface area contributed by atoms with Crippen LogP contribution in [-0.4, -0.2) is 123 Å². The molecule has 0 aromatic rings. The molecule has 0 rings (SSSR count). The van der Waals surface area contributed by atoms with E-state index in [0.29, 0.717) is 0 Å². The molecule has 0 aromatic carbocycles. The van der Waals surface area contributed by atoms with Crippen molar-refractivity contribution in [2.45, 2.75) is 11.5 Å². The Balaban J connectivity index is -0.0000000343. The van der Waals surface area contributed by atoms with Crippen LogP contribution in [0, 0.1) is 0 Å². The van der Waals surface area contributed by atoms with Crippen molar-refractivity contribution in [1.29, 1.82) is 0 Å². The number of rotatable bonds is 4. The van der Waals surface area contributed by atoms with Gasteiger partial charge >= 0.3 is 74.3 Å². The van der Waals surface area contributed by atoms with E-state index < -0.39 is 33.2 Å². The zero-order valence-electron chi connectivity index (χ0n) is 8.94. The van der Waals surface area contributed by atoms with Gasteiger partial charge in [-0.25, -0.2) is 0 Å². The molecule has 0 amide bonds. The summed E-state index contributed by atoms with van der Waals surface area (Å²) in [7, 11) is -10.6. The zero-order valence-corrected chi connectivity index (χ0v) is 10.7. The molecule has 124 valence electrons. The standard InChI is InChI=1S/C3H11NO7P2.2Na.5H2O.2H/c4-2-1-3(5,12(6,7)8)13(9,10)11;;;;;;;;;/h5H,1-2,4H2,(H2,6,7,8)(H2,9,10,11);;;5*1H2;;. The van der Waals surface area contributed by atoms with E-state index >= 15 is 0 Å². The molecule has 0 bridgehead atoms. The maximum absolute atomic E-state index is 10.6. The van der Waals surface area contributed by atoms with Crippen molar-refractivity contribution < 1.29 is 61.2 Å². The predicted molar refractivity (Wildman–Crippen MR) is 75.1 cm³/mol. The Kier molecular flexibility index (Phi) is 43.0. The Bertz CT molecular complexity index is 256. The summed E-state index contributed by atoms with van der Waals surface area (Å²) < 4.78 is 21.2. The van der Waals surface area contributed by atoms with Crippen molar-refractivity contribution >= 4 is 74.3 Å². The van der Waals surface area contributed by atoms with Crippen LogP contribution in [0.1, 0.15) is 6.42 Å². The van der Waals surface area contributed by atoms with Gasteiger partial charge in [-0.1, -0.05) is 0 Å². The average molecular weight is 373 g/mol. The molecular weight excluding hydrogens is 350 g/mol. The van der Waals surface area contributed by atoms with Gasteiger partial charge in [0.05, 0.1) is 0 Å². The fourth-order valence-electron chi connectivity index (χ4n) is 0.655. The minimum absolute atomic E-state index is 0. The zero-order chi connectivity index (χ0) is 10.9. The molecule has 17 N–H and O–H groups in total. The first kappa shape index (κ1) is 49.5. The first-order valence-corrected chi connectivity index (χ1v) is 6.32. The molecule has 0 aliphatic rings. The van der Waals surface area contributed by atoms with Gasteiger partial charge in [0.2, 0.25) is 0 Å². The summed E-state index contributed by atoms with van der Waals surface area (Å²) in [5, 5.41) is 5.71.